The molecule has 0 aliphatic heterocycles. The number of hydrogen-bond acceptors (Lipinski definition) is 8. The minimum absolute atomic E-state index is 0.00778. The molecule has 212 valence electrons. The highest BCUT2D eigenvalue weighted by Crippen LogP contribution is 2.35. The van der Waals surface area contributed by atoms with E-state index < -0.39 is 17.7 Å². The van der Waals surface area contributed by atoms with E-state index in [0.29, 0.717) is 38.0 Å². The molecule has 8 nitrogen and oxygen atoms in total. The van der Waals surface area contributed by atoms with Gasteiger partial charge in [-0.3, -0.25) is 19.2 Å². The quantitative estimate of drug-likeness (QED) is 0.141. The topological polar surface area (TPSA) is 116 Å². The van der Waals surface area contributed by atoms with Crippen LogP contribution in [0.4, 0.5) is 0 Å². The Bertz CT molecular complexity index is 1090. The highest BCUT2D eigenvalue weighted by atomic mass is 16.5. The molecule has 0 bridgehead atoms. The van der Waals surface area contributed by atoms with Crippen LogP contribution in [0.25, 0.3) is 0 Å². The van der Waals surface area contributed by atoms with Crippen molar-refractivity contribution in [1.29, 1.82) is 0 Å². The number of rotatable bonds is 16. The minimum atomic E-state index is -0.606. The fourth-order valence-corrected chi connectivity index (χ4v) is 4.62. The zero-order valence-corrected chi connectivity index (χ0v) is 23.4. The van der Waals surface area contributed by atoms with Crippen LogP contribution in [0.2, 0.25) is 0 Å². The highest BCUT2D eigenvalue weighted by molar-refractivity contribution is 6.03. The van der Waals surface area contributed by atoms with Crippen LogP contribution in [0, 0.1) is 11.8 Å². The summed E-state index contributed by atoms with van der Waals surface area (Å²) in [4.78, 5) is 49.9. The molecule has 39 heavy (non-hydrogen) atoms. The first-order valence-corrected chi connectivity index (χ1v) is 13.3. The molecule has 1 aliphatic carbocycles. The molecule has 0 saturated heterocycles. The van der Waals surface area contributed by atoms with Gasteiger partial charge in [0.15, 0.2) is 17.3 Å². The summed E-state index contributed by atoms with van der Waals surface area (Å²) in [6.07, 6.45) is 5.44. The maximum atomic E-state index is 13.0. The Morgan fingerprint density at radius 3 is 2.44 bits per heavy atom. The van der Waals surface area contributed by atoms with Crippen molar-refractivity contribution in [2.24, 2.45) is 11.8 Å². The van der Waals surface area contributed by atoms with E-state index >= 15 is 0 Å². The average Bonchev–Trinajstić information content (AvgIpc) is 2.88. The summed E-state index contributed by atoms with van der Waals surface area (Å²) in [5, 5.41) is 9.48. The number of benzene rings is 1. The number of ether oxygens (including phenoxy) is 3. The zero-order valence-electron chi connectivity index (χ0n) is 23.4. The van der Waals surface area contributed by atoms with Crippen LogP contribution >= 0.6 is 0 Å². The molecule has 1 aromatic carbocycles. The van der Waals surface area contributed by atoms with Crippen LogP contribution in [0.5, 0.6) is 5.75 Å². The summed E-state index contributed by atoms with van der Waals surface area (Å²) < 4.78 is 15.7. The largest absolute Gasteiger partial charge is 0.497 e. The van der Waals surface area contributed by atoms with Crippen LogP contribution in [-0.4, -0.2) is 55.4 Å². The van der Waals surface area contributed by atoms with Gasteiger partial charge < -0.3 is 19.3 Å². The number of aliphatic hydroxyl groups is 1. The second-order valence-electron chi connectivity index (χ2n) is 9.74. The van der Waals surface area contributed by atoms with E-state index in [1.54, 1.807) is 27.0 Å². The van der Waals surface area contributed by atoms with Gasteiger partial charge in [-0.1, -0.05) is 28.9 Å². The zero-order chi connectivity index (χ0) is 28.8. The first-order chi connectivity index (χ1) is 18.7. The van der Waals surface area contributed by atoms with Gasteiger partial charge in [0.1, 0.15) is 12.2 Å². The summed E-state index contributed by atoms with van der Waals surface area (Å²) in [6.45, 7) is 6.16. The van der Waals surface area contributed by atoms with E-state index in [4.69, 9.17) is 14.2 Å². The van der Waals surface area contributed by atoms with E-state index in [1.165, 1.54) is 12.2 Å². The van der Waals surface area contributed by atoms with Gasteiger partial charge in [-0.15, -0.1) is 0 Å². The second-order valence-corrected chi connectivity index (χ2v) is 9.74. The number of carbonyl (C=O) groups excluding carboxylic acids is 4. The molecule has 0 spiro atoms. The smallest absolute Gasteiger partial charge is 0.313 e. The maximum Gasteiger partial charge on any atom is 0.313 e. The van der Waals surface area contributed by atoms with Gasteiger partial charge in [0, 0.05) is 18.9 Å². The summed E-state index contributed by atoms with van der Waals surface area (Å²) in [7, 11) is 1.61. The molecule has 1 N–H and O–H groups in total. The van der Waals surface area contributed by atoms with Gasteiger partial charge in [-0.25, -0.2) is 0 Å². The van der Waals surface area contributed by atoms with Crippen molar-refractivity contribution >= 4 is 23.3 Å². The van der Waals surface area contributed by atoms with Crippen LogP contribution in [0.3, 0.4) is 0 Å². The summed E-state index contributed by atoms with van der Waals surface area (Å²) >= 11 is 0. The molecule has 1 aliphatic rings. The molecule has 0 saturated carbocycles. The highest BCUT2D eigenvalue weighted by Gasteiger charge is 2.33. The molecule has 0 unspecified atom stereocenters. The van der Waals surface area contributed by atoms with Gasteiger partial charge in [0.25, 0.3) is 0 Å². The third-order valence-electron chi connectivity index (χ3n) is 6.59. The van der Waals surface area contributed by atoms with Gasteiger partial charge in [-0.2, -0.15) is 0 Å². The molecule has 0 fully saturated rings. The van der Waals surface area contributed by atoms with Gasteiger partial charge >= 0.3 is 5.97 Å². The van der Waals surface area contributed by atoms with Crippen LogP contribution < -0.4 is 4.74 Å². The Kier molecular flexibility index (Phi) is 13.5. The van der Waals surface area contributed by atoms with Crippen molar-refractivity contribution in [3.63, 3.8) is 0 Å². The number of hydrogen-bond donors (Lipinski definition) is 1. The minimum Gasteiger partial charge on any atom is -0.497 e. The predicted molar refractivity (Wildman–Crippen MR) is 147 cm³/mol. The monoisotopic (exact) mass is 540 g/mol. The number of allylic oxidation sites excluding steroid dienone is 5. The van der Waals surface area contributed by atoms with E-state index in [1.807, 2.05) is 31.2 Å². The summed E-state index contributed by atoms with van der Waals surface area (Å²) in [5.41, 5.74) is 3.29. The molecule has 2 atom stereocenters. The Morgan fingerprint density at radius 2 is 1.79 bits per heavy atom. The average molecular weight is 541 g/mol. The third kappa shape index (κ3) is 11.1. The van der Waals surface area contributed by atoms with Crippen LogP contribution in [0.15, 0.2) is 59.2 Å². The standard InChI is InChI=1S/C31H40O8/c1-5-39-31(36)19-25(33)16-22(3)28-14-21(2)15-30(35)29(28)18-26(34)17-23(10-12-32)11-13-38-20-24-6-8-27(37-4)9-7-24/h6-9,15-17,28-29,32H,5,10-14,18-20H2,1-4H3/b22-16-,23-17+/t28-,29-/m0/s1. The number of aliphatic hydroxyl groups excluding tert-OH is 1. The third-order valence-corrected chi connectivity index (χ3v) is 6.59. The molecule has 1 aromatic rings. The lowest BCUT2D eigenvalue weighted by Gasteiger charge is -2.30. The van der Waals surface area contributed by atoms with E-state index in [9.17, 15) is 24.3 Å². The molecule has 0 aromatic heterocycles. The normalized spacial score (nSPS) is 18.0. The van der Waals surface area contributed by atoms with Crippen molar-refractivity contribution in [2.75, 3.05) is 26.9 Å². The number of ketones is 3. The van der Waals surface area contributed by atoms with Gasteiger partial charge in [0.2, 0.25) is 0 Å². The maximum absolute atomic E-state index is 13.0. The molecular weight excluding hydrogens is 500 g/mol. The van der Waals surface area contributed by atoms with Crippen LogP contribution in [0.1, 0.15) is 58.4 Å². The Morgan fingerprint density at radius 1 is 1.08 bits per heavy atom. The summed E-state index contributed by atoms with van der Waals surface area (Å²) in [5.74, 6) is -1.51. The lowest BCUT2D eigenvalue weighted by atomic mass is 9.73. The van der Waals surface area contributed by atoms with E-state index in [2.05, 4.69) is 0 Å². The van der Waals surface area contributed by atoms with E-state index in [-0.39, 0.29) is 43.5 Å². The Labute approximate surface area is 230 Å². The Balaban J connectivity index is 2.03. The fourth-order valence-electron chi connectivity index (χ4n) is 4.62. The molecular formula is C31H40O8. The number of methoxy groups -OCH3 is 1. The molecule has 0 radical (unpaired) electrons. The van der Waals surface area contributed by atoms with Crippen molar-refractivity contribution < 1.29 is 38.5 Å². The van der Waals surface area contributed by atoms with Gasteiger partial charge in [0.05, 0.1) is 26.9 Å². The van der Waals surface area contributed by atoms with Crippen LogP contribution in [-0.2, 0) is 35.3 Å². The van der Waals surface area contributed by atoms with Crippen molar-refractivity contribution in [2.45, 2.75) is 59.5 Å². The van der Waals surface area contributed by atoms with E-state index in [0.717, 1.165) is 22.5 Å². The SMILES string of the molecule is CCOC(=O)CC(=O)/C=C(/C)[C@@H]1CC(C)=CC(=O)[C@H]1CC(=O)/C=C(\CCO)CCOCc1ccc(OC)cc1. The lowest BCUT2D eigenvalue weighted by molar-refractivity contribution is -0.144. The number of carbonyl (C=O) groups is 4. The Hall–Kier alpha value is -3.36. The van der Waals surface area contributed by atoms with Crippen molar-refractivity contribution in [3.8, 4) is 5.75 Å². The molecule has 8 heteroatoms. The molecule has 2 rings (SSSR count). The van der Waals surface area contributed by atoms with Crippen molar-refractivity contribution in [3.05, 3.63) is 64.8 Å². The second kappa shape index (κ2) is 16.6. The number of esters is 1. The molecule has 0 heterocycles. The lowest BCUT2D eigenvalue weighted by Crippen LogP contribution is -2.30. The van der Waals surface area contributed by atoms with Crippen molar-refractivity contribution in [1.82, 2.24) is 0 Å². The predicted octanol–water partition coefficient (Wildman–Crippen LogP) is 4.49. The first kappa shape index (κ1) is 31.9. The fraction of sp³-hybridized carbons (Fsp3) is 0.484. The van der Waals surface area contributed by atoms with Gasteiger partial charge in [-0.05, 0) is 81.9 Å². The molecule has 0 amide bonds. The summed E-state index contributed by atoms with van der Waals surface area (Å²) in [6, 6.07) is 7.55. The first-order valence-electron chi connectivity index (χ1n) is 13.3.